The molecule has 1 fully saturated rings. The first-order valence-electron chi connectivity index (χ1n) is 7.76. The number of rotatable bonds is 6. The van der Waals surface area contributed by atoms with E-state index in [0.717, 1.165) is 19.5 Å². The minimum atomic E-state index is -0.564. The number of hydrogen-bond acceptors (Lipinski definition) is 3. The summed E-state index contributed by atoms with van der Waals surface area (Å²) < 4.78 is 0. The Morgan fingerprint density at radius 1 is 1.32 bits per heavy atom. The van der Waals surface area contributed by atoms with E-state index < -0.39 is 6.04 Å². The maximum atomic E-state index is 11.9. The van der Waals surface area contributed by atoms with Crippen LogP contribution in [0.1, 0.15) is 19.8 Å². The van der Waals surface area contributed by atoms with E-state index in [-0.39, 0.29) is 11.9 Å². The van der Waals surface area contributed by atoms with Gasteiger partial charge in [-0.3, -0.25) is 4.79 Å². The second-order valence-corrected chi connectivity index (χ2v) is 5.62. The molecule has 2 atom stereocenters. The van der Waals surface area contributed by atoms with Crippen molar-refractivity contribution in [1.29, 1.82) is 0 Å². The summed E-state index contributed by atoms with van der Waals surface area (Å²) in [7, 11) is 0. The molecule has 0 aliphatic carbocycles. The highest BCUT2D eigenvalue weighted by Crippen LogP contribution is 2.10. The fourth-order valence-electron chi connectivity index (χ4n) is 2.46. The smallest absolute Gasteiger partial charge is 0.319 e. The lowest BCUT2D eigenvalue weighted by molar-refractivity contribution is -0.122. The topological polar surface area (TPSA) is 82.3 Å². The van der Waals surface area contributed by atoms with E-state index in [0.29, 0.717) is 18.2 Å². The van der Waals surface area contributed by atoms with Crippen LogP contribution in [0, 0.1) is 5.92 Å². The van der Waals surface area contributed by atoms with Crippen molar-refractivity contribution >= 4 is 17.6 Å². The molecule has 2 rings (SSSR count). The molecule has 3 amide bonds. The van der Waals surface area contributed by atoms with Gasteiger partial charge in [0, 0.05) is 12.2 Å². The second kappa shape index (κ2) is 8.38. The van der Waals surface area contributed by atoms with Crippen LogP contribution in [0.15, 0.2) is 30.3 Å². The monoisotopic (exact) mass is 304 g/mol. The first-order valence-corrected chi connectivity index (χ1v) is 7.76. The summed E-state index contributed by atoms with van der Waals surface area (Å²) in [5, 5.41) is 11.5. The third kappa shape index (κ3) is 5.37. The first-order chi connectivity index (χ1) is 10.6. The number of nitrogens with one attached hydrogen (secondary N) is 4. The fourth-order valence-corrected chi connectivity index (χ4v) is 2.46. The fraction of sp³-hybridized carbons (Fsp3) is 0.500. The molecule has 120 valence electrons. The molecule has 0 spiro atoms. The molecule has 1 heterocycles. The summed E-state index contributed by atoms with van der Waals surface area (Å²) in [6.45, 7) is 4.42. The number of hydrogen-bond donors (Lipinski definition) is 4. The van der Waals surface area contributed by atoms with Gasteiger partial charge in [0.25, 0.3) is 0 Å². The van der Waals surface area contributed by atoms with Gasteiger partial charge < -0.3 is 21.3 Å². The minimum absolute atomic E-state index is 0.158. The number of carbonyl (C=O) groups is 2. The van der Waals surface area contributed by atoms with E-state index in [9.17, 15) is 9.59 Å². The summed E-state index contributed by atoms with van der Waals surface area (Å²) in [6.07, 6.45) is 2.14. The molecule has 1 saturated heterocycles. The molecule has 0 aromatic heterocycles. The predicted molar refractivity (Wildman–Crippen MR) is 86.7 cm³/mol. The van der Waals surface area contributed by atoms with Crippen LogP contribution in [-0.4, -0.2) is 37.6 Å². The molecular formula is C16H24N4O2. The van der Waals surface area contributed by atoms with E-state index in [1.165, 1.54) is 6.42 Å². The molecule has 6 heteroatoms. The van der Waals surface area contributed by atoms with Gasteiger partial charge in [-0.25, -0.2) is 4.79 Å². The maximum absolute atomic E-state index is 11.9. The highest BCUT2D eigenvalue weighted by Gasteiger charge is 2.17. The molecule has 6 nitrogen and oxygen atoms in total. The Morgan fingerprint density at radius 3 is 2.77 bits per heavy atom. The van der Waals surface area contributed by atoms with Gasteiger partial charge in [-0.1, -0.05) is 18.2 Å². The third-order valence-corrected chi connectivity index (χ3v) is 3.79. The Kier molecular flexibility index (Phi) is 6.21. The minimum Gasteiger partial charge on any atom is -0.354 e. The van der Waals surface area contributed by atoms with Crippen LogP contribution < -0.4 is 21.3 Å². The van der Waals surface area contributed by atoms with Crippen molar-refractivity contribution in [2.45, 2.75) is 25.8 Å². The van der Waals surface area contributed by atoms with Crippen LogP contribution >= 0.6 is 0 Å². The number of amides is 3. The van der Waals surface area contributed by atoms with Gasteiger partial charge >= 0.3 is 6.03 Å². The van der Waals surface area contributed by atoms with Crippen molar-refractivity contribution in [3.8, 4) is 0 Å². The molecule has 1 aromatic carbocycles. The lowest BCUT2D eigenvalue weighted by Crippen LogP contribution is -2.46. The lowest BCUT2D eigenvalue weighted by atomic mass is 10.1. The molecule has 1 aliphatic rings. The van der Waals surface area contributed by atoms with Gasteiger partial charge in [0.15, 0.2) is 0 Å². The third-order valence-electron chi connectivity index (χ3n) is 3.79. The van der Waals surface area contributed by atoms with E-state index >= 15 is 0 Å². The summed E-state index contributed by atoms with van der Waals surface area (Å²) in [5.41, 5.74) is 0.696. The van der Waals surface area contributed by atoms with Crippen molar-refractivity contribution in [3.05, 3.63) is 30.3 Å². The Hall–Kier alpha value is -2.08. The molecule has 0 radical (unpaired) electrons. The Bertz CT molecular complexity index is 486. The van der Waals surface area contributed by atoms with Gasteiger partial charge in [0.05, 0.1) is 0 Å². The van der Waals surface area contributed by atoms with Crippen molar-refractivity contribution in [2.24, 2.45) is 5.92 Å². The average molecular weight is 304 g/mol. The van der Waals surface area contributed by atoms with Crippen molar-refractivity contribution in [1.82, 2.24) is 16.0 Å². The largest absolute Gasteiger partial charge is 0.354 e. The summed E-state index contributed by atoms with van der Waals surface area (Å²) in [5.74, 6) is 0.485. The predicted octanol–water partition coefficient (Wildman–Crippen LogP) is 1.31. The van der Waals surface area contributed by atoms with Crippen LogP contribution in [0.3, 0.4) is 0 Å². The van der Waals surface area contributed by atoms with E-state index in [1.54, 1.807) is 19.1 Å². The molecule has 0 saturated carbocycles. The van der Waals surface area contributed by atoms with Crippen LogP contribution in [0.25, 0.3) is 0 Å². The number of anilines is 1. The zero-order valence-electron chi connectivity index (χ0n) is 12.9. The number of carbonyl (C=O) groups excluding carboxylic acids is 2. The summed E-state index contributed by atoms with van der Waals surface area (Å²) in [6, 6.07) is 8.19. The van der Waals surface area contributed by atoms with Crippen molar-refractivity contribution in [2.75, 3.05) is 25.0 Å². The van der Waals surface area contributed by atoms with Crippen molar-refractivity contribution < 1.29 is 9.59 Å². The zero-order chi connectivity index (χ0) is 15.8. The average Bonchev–Trinajstić information content (AvgIpc) is 3.01. The Morgan fingerprint density at radius 2 is 2.09 bits per heavy atom. The van der Waals surface area contributed by atoms with Crippen LogP contribution in [0.5, 0.6) is 0 Å². The highest BCUT2D eigenvalue weighted by atomic mass is 16.2. The molecule has 2 unspecified atom stereocenters. The quantitative estimate of drug-likeness (QED) is 0.639. The van der Waals surface area contributed by atoms with Gasteiger partial charge in [-0.05, 0) is 50.9 Å². The van der Waals surface area contributed by atoms with Gasteiger partial charge in [-0.15, -0.1) is 0 Å². The standard InChI is InChI=1S/C16H24N4O2/c1-12(15(21)18-10-8-13-7-9-17-11-13)19-16(22)20-14-5-3-2-4-6-14/h2-6,12-13,17H,7-11H2,1H3,(H,18,21)(H2,19,20,22). The van der Waals surface area contributed by atoms with Crippen LogP contribution in [-0.2, 0) is 4.79 Å². The Balaban J connectivity index is 1.65. The van der Waals surface area contributed by atoms with E-state index in [2.05, 4.69) is 21.3 Å². The molecule has 4 N–H and O–H groups in total. The van der Waals surface area contributed by atoms with Gasteiger partial charge in [0.1, 0.15) is 6.04 Å². The maximum Gasteiger partial charge on any atom is 0.319 e. The van der Waals surface area contributed by atoms with Gasteiger partial charge in [-0.2, -0.15) is 0 Å². The SMILES string of the molecule is CC(NC(=O)Nc1ccccc1)C(=O)NCCC1CCNC1. The first kappa shape index (κ1) is 16.3. The number of para-hydroxylation sites is 1. The number of urea groups is 1. The molecule has 1 aromatic rings. The van der Waals surface area contributed by atoms with E-state index in [4.69, 9.17) is 0 Å². The number of benzene rings is 1. The zero-order valence-corrected chi connectivity index (χ0v) is 12.9. The normalized spacial score (nSPS) is 18.5. The summed E-state index contributed by atoms with van der Waals surface area (Å²) >= 11 is 0. The molecule has 0 bridgehead atoms. The molecule has 1 aliphatic heterocycles. The van der Waals surface area contributed by atoms with Crippen LogP contribution in [0.4, 0.5) is 10.5 Å². The highest BCUT2D eigenvalue weighted by molar-refractivity contribution is 5.93. The molecule has 22 heavy (non-hydrogen) atoms. The second-order valence-electron chi connectivity index (χ2n) is 5.62. The molecular weight excluding hydrogens is 280 g/mol. The van der Waals surface area contributed by atoms with E-state index in [1.807, 2.05) is 18.2 Å². The van der Waals surface area contributed by atoms with Crippen LogP contribution in [0.2, 0.25) is 0 Å². The lowest BCUT2D eigenvalue weighted by Gasteiger charge is -2.15. The Labute approximate surface area is 131 Å². The summed E-state index contributed by atoms with van der Waals surface area (Å²) in [4.78, 5) is 23.7. The van der Waals surface area contributed by atoms with Gasteiger partial charge in [0.2, 0.25) is 5.91 Å². The van der Waals surface area contributed by atoms with Crippen molar-refractivity contribution in [3.63, 3.8) is 0 Å².